The number of aromatic nitrogens is 2. The predicted molar refractivity (Wildman–Crippen MR) is 115 cm³/mol. The van der Waals surface area contributed by atoms with E-state index in [9.17, 15) is 22.4 Å². The van der Waals surface area contributed by atoms with Crippen molar-refractivity contribution in [1.82, 2.24) is 9.78 Å². The summed E-state index contributed by atoms with van der Waals surface area (Å²) in [5.41, 5.74) is 0.455. The van der Waals surface area contributed by atoms with Gasteiger partial charge in [-0.15, -0.1) is 0 Å². The normalized spacial score (nSPS) is 11.0. The van der Waals surface area contributed by atoms with Gasteiger partial charge in [-0.2, -0.15) is 5.10 Å². The SMILES string of the molecule is Cc1cc(=O)oc2cc(NC(=S)Nc3ccn(Cc4c(F)c(F)cc(F)c4F)n3)ccc12. The molecule has 0 amide bonds. The summed E-state index contributed by atoms with van der Waals surface area (Å²) in [6.07, 6.45) is 1.36. The van der Waals surface area contributed by atoms with E-state index in [-0.39, 0.29) is 17.0 Å². The Morgan fingerprint density at radius 1 is 1.06 bits per heavy atom. The molecule has 2 heterocycles. The Labute approximate surface area is 183 Å². The number of benzene rings is 2. The first-order valence-electron chi connectivity index (χ1n) is 9.19. The molecule has 0 aliphatic heterocycles. The standard InChI is InChI=1S/C21H14F4N4O2S/c1-10-6-18(30)31-16-7-11(2-3-12(10)16)26-21(32)27-17-4-5-29(28-17)9-13-19(24)14(22)8-15(23)20(13)25/h2-8H,9H2,1H3,(H2,26,27,28,32). The number of hydrogen-bond acceptors (Lipinski definition) is 4. The van der Waals surface area contributed by atoms with Gasteiger partial charge in [0.2, 0.25) is 0 Å². The van der Waals surface area contributed by atoms with Crippen LogP contribution >= 0.6 is 12.2 Å². The van der Waals surface area contributed by atoms with Crippen molar-refractivity contribution in [3.8, 4) is 0 Å². The number of fused-ring (bicyclic) bond motifs is 1. The number of thiocarbonyl (C=S) groups is 1. The van der Waals surface area contributed by atoms with Crippen LogP contribution in [0.25, 0.3) is 11.0 Å². The van der Waals surface area contributed by atoms with Gasteiger partial charge in [-0.1, -0.05) is 0 Å². The first kappa shape index (κ1) is 21.5. The third-order valence-electron chi connectivity index (χ3n) is 4.61. The number of nitrogens with zero attached hydrogens (tertiary/aromatic N) is 2. The maximum atomic E-state index is 13.9. The lowest BCUT2D eigenvalue weighted by Gasteiger charge is -2.10. The Kier molecular flexibility index (Phi) is 5.66. The van der Waals surface area contributed by atoms with Gasteiger partial charge in [-0.3, -0.25) is 4.68 Å². The summed E-state index contributed by atoms with van der Waals surface area (Å²) in [5.74, 6) is -5.72. The van der Waals surface area contributed by atoms with E-state index in [1.165, 1.54) is 18.3 Å². The van der Waals surface area contributed by atoms with Crippen LogP contribution in [0.2, 0.25) is 0 Å². The molecule has 0 aliphatic rings. The molecule has 0 spiro atoms. The lowest BCUT2D eigenvalue weighted by Crippen LogP contribution is -2.19. The van der Waals surface area contributed by atoms with Gasteiger partial charge >= 0.3 is 5.63 Å². The molecule has 0 aliphatic carbocycles. The average molecular weight is 462 g/mol. The van der Waals surface area contributed by atoms with E-state index in [1.54, 1.807) is 25.1 Å². The van der Waals surface area contributed by atoms with Crippen LogP contribution in [0.1, 0.15) is 11.1 Å². The van der Waals surface area contributed by atoms with E-state index in [4.69, 9.17) is 16.6 Å². The molecular formula is C21H14F4N4O2S. The van der Waals surface area contributed by atoms with E-state index in [0.29, 0.717) is 11.3 Å². The van der Waals surface area contributed by atoms with Crippen LogP contribution in [-0.4, -0.2) is 14.9 Å². The summed E-state index contributed by atoms with van der Waals surface area (Å²) in [6.45, 7) is 1.27. The zero-order valence-corrected chi connectivity index (χ0v) is 17.2. The highest BCUT2D eigenvalue weighted by atomic mass is 32.1. The zero-order valence-electron chi connectivity index (χ0n) is 16.4. The minimum Gasteiger partial charge on any atom is -0.423 e. The quantitative estimate of drug-likeness (QED) is 0.198. The van der Waals surface area contributed by atoms with Gasteiger partial charge in [-0.25, -0.2) is 22.4 Å². The summed E-state index contributed by atoms with van der Waals surface area (Å²) >= 11 is 5.22. The monoisotopic (exact) mass is 462 g/mol. The van der Waals surface area contributed by atoms with Crippen LogP contribution in [0.5, 0.6) is 0 Å². The number of rotatable bonds is 4. The largest absolute Gasteiger partial charge is 0.423 e. The molecule has 0 atom stereocenters. The molecular weight excluding hydrogens is 448 g/mol. The second-order valence-corrected chi connectivity index (χ2v) is 7.29. The summed E-state index contributed by atoms with van der Waals surface area (Å²) < 4.78 is 60.7. The third kappa shape index (κ3) is 4.33. The summed E-state index contributed by atoms with van der Waals surface area (Å²) in [6, 6.07) is 8.13. The first-order valence-corrected chi connectivity index (χ1v) is 9.60. The molecule has 0 fully saturated rings. The van der Waals surface area contributed by atoms with E-state index < -0.39 is 41.0 Å². The van der Waals surface area contributed by atoms with Crippen LogP contribution in [0.15, 0.2) is 51.8 Å². The van der Waals surface area contributed by atoms with Crippen LogP contribution in [0.4, 0.5) is 29.1 Å². The molecule has 4 rings (SSSR count). The first-order chi connectivity index (χ1) is 15.2. The summed E-state index contributed by atoms with van der Waals surface area (Å²) in [4.78, 5) is 11.6. The van der Waals surface area contributed by atoms with Crippen LogP contribution in [0, 0.1) is 30.2 Å². The summed E-state index contributed by atoms with van der Waals surface area (Å²) in [7, 11) is 0. The van der Waals surface area contributed by atoms with E-state index in [2.05, 4.69) is 15.7 Å². The Morgan fingerprint density at radius 2 is 1.78 bits per heavy atom. The highest BCUT2D eigenvalue weighted by molar-refractivity contribution is 7.80. The zero-order chi connectivity index (χ0) is 23.0. The molecule has 0 bridgehead atoms. The number of anilines is 2. The second-order valence-electron chi connectivity index (χ2n) is 6.88. The van der Waals surface area contributed by atoms with Crippen molar-refractivity contribution in [3.63, 3.8) is 0 Å². The number of nitrogens with one attached hydrogen (secondary N) is 2. The lowest BCUT2D eigenvalue weighted by molar-refractivity contribution is 0.431. The molecule has 0 saturated carbocycles. The topological polar surface area (TPSA) is 72.1 Å². The van der Waals surface area contributed by atoms with Crippen molar-refractivity contribution >= 4 is 39.8 Å². The Morgan fingerprint density at radius 3 is 2.50 bits per heavy atom. The maximum absolute atomic E-state index is 13.9. The highest BCUT2D eigenvalue weighted by Crippen LogP contribution is 2.22. The second kappa shape index (κ2) is 8.42. The molecule has 2 N–H and O–H groups in total. The van der Waals surface area contributed by atoms with Crippen LogP contribution in [0.3, 0.4) is 0 Å². The van der Waals surface area contributed by atoms with E-state index >= 15 is 0 Å². The van der Waals surface area contributed by atoms with Crippen molar-refractivity contribution in [1.29, 1.82) is 0 Å². The minimum atomic E-state index is -1.49. The van der Waals surface area contributed by atoms with Crippen LogP contribution in [-0.2, 0) is 6.54 Å². The molecule has 2 aromatic heterocycles. The van der Waals surface area contributed by atoms with E-state index in [0.717, 1.165) is 15.6 Å². The van der Waals surface area contributed by atoms with Gasteiger partial charge in [0.05, 0.1) is 12.1 Å². The van der Waals surface area contributed by atoms with Crippen LogP contribution < -0.4 is 16.3 Å². The van der Waals surface area contributed by atoms with Gasteiger partial charge in [0, 0.05) is 41.5 Å². The van der Waals surface area contributed by atoms with Gasteiger partial charge in [-0.05, 0) is 36.8 Å². The molecule has 2 aromatic carbocycles. The lowest BCUT2D eigenvalue weighted by atomic mass is 10.1. The van der Waals surface area contributed by atoms with Gasteiger partial charge in [0.15, 0.2) is 34.2 Å². The van der Waals surface area contributed by atoms with Crippen molar-refractivity contribution in [2.24, 2.45) is 0 Å². The molecule has 0 radical (unpaired) electrons. The van der Waals surface area contributed by atoms with Gasteiger partial charge < -0.3 is 15.1 Å². The van der Waals surface area contributed by atoms with Crippen molar-refractivity contribution < 1.29 is 22.0 Å². The van der Waals surface area contributed by atoms with Crippen molar-refractivity contribution in [2.75, 3.05) is 10.6 Å². The highest BCUT2D eigenvalue weighted by Gasteiger charge is 2.19. The smallest absolute Gasteiger partial charge is 0.336 e. The molecule has 11 heteroatoms. The molecule has 0 saturated heterocycles. The Hall–Kier alpha value is -3.73. The van der Waals surface area contributed by atoms with Crippen molar-refractivity contribution in [2.45, 2.75) is 13.5 Å². The molecule has 0 unspecified atom stereocenters. The minimum absolute atomic E-state index is 0.138. The fourth-order valence-electron chi connectivity index (χ4n) is 3.12. The third-order valence-corrected chi connectivity index (χ3v) is 4.82. The number of halogens is 4. The Bertz CT molecular complexity index is 1390. The fraction of sp³-hybridized carbons (Fsp3) is 0.0952. The molecule has 6 nitrogen and oxygen atoms in total. The molecule has 4 aromatic rings. The maximum Gasteiger partial charge on any atom is 0.336 e. The molecule has 32 heavy (non-hydrogen) atoms. The van der Waals surface area contributed by atoms with Gasteiger partial charge in [0.25, 0.3) is 0 Å². The van der Waals surface area contributed by atoms with Crippen molar-refractivity contribution in [3.05, 3.63) is 87.4 Å². The molecule has 164 valence electrons. The van der Waals surface area contributed by atoms with Gasteiger partial charge in [0.1, 0.15) is 5.58 Å². The predicted octanol–water partition coefficient (Wildman–Crippen LogP) is 4.71. The number of hydrogen-bond donors (Lipinski definition) is 2. The van der Waals surface area contributed by atoms with E-state index in [1.807, 2.05) is 0 Å². The summed E-state index contributed by atoms with van der Waals surface area (Å²) in [5, 5.41) is 10.6. The number of aryl methyl sites for hydroxylation is 1. The average Bonchev–Trinajstić information content (AvgIpc) is 3.16. The fourth-order valence-corrected chi connectivity index (χ4v) is 3.34. The Balaban J connectivity index is 1.47.